The predicted molar refractivity (Wildman–Crippen MR) is 90.1 cm³/mol. The van der Waals surface area contributed by atoms with E-state index in [9.17, 15) is 4.39 Å². The van der Waals surface area contributed by atoms with Gasteiger partial charge in [0.2, 0.25) is 0 Å². The molecule has 0 aliphatic heterocycles. The number of benzene rings is 2. The minimum Gasteiger partial charge on any atom is -0.491 e. The van der Waals surface area contributed by atoms with Gasteiger partial charge in [-0.3, -0.25) is 0 Å². The summed E-state index contributed by atoms with van der Waals surface area (Å²) in [6.07, 6.45) is 0. The van der Waals surface area contributed by atoms with Crippen molar-refractivity contribution in [1.82, 2.24) is 0 Å². The van der Waals surface area contributed by atoms with Crippen LogP contribution in [0.15, 0.2) is 30.3 Å². The van der Waals surface area contributed by atoms with Crippen LogP contribution in [0.5, 0.6) is 5.75 Å². The zero-order valence-electron chi connectivity index (χ0n) is 12.5. The number of rotatable bonds is 5. The third-order valence-corrected chi connectivity index (χ3v) is 3.65. The molecule has 0 fully saturated rings. The molecule has 0 atom stereocenters. The highest BCUT2D eigenvalue weighted by molar-refractivity contribution is 6.36. The Balaban J connectivity index is 2.50. The second-order valence-electron chi connectivity index (χ2n) is 5.48. The Morgan fingerprint density at radius 2 is 1.91 bits per heavy atom. The van der Waals surface area contributed by atoms with E-state index in [0.29, 0.717) is 45.0 Å². The maximum atomic E-state index is 14.0. The Morgan fingerprint density at radius 3 is 2.50 bits per heavy atom. The summed E-state index contributed by atoms with van der Waals surface area (Å²) in [6, 6.07) is 8.21. The molecule has 0 aromatic heterocycles. The lowest BCUT2D eigenvalue weighted by atomic mass is 10.0. The maximum Gasteiger partial charge on any atom is 0.145 e. The standard InChI is InChI=1S/C17H18Cl2FNO/c1-10(2)9-22-17-14(6-13(18)7-15(17)19)11-3-4-12(8-21)16(20)5-11/h3-7,10H,8-9,21H2,1-2H3. The van der Waals surface area contributed by atoms with Crippen LogP contribution in [0.3, 0.4) is 0 Å². The molecule has 0 heterocycles. The van der Waals surface area contributed by atoms with Gasteiger partial charge in [0.1, 0.15) is 11.6 Å². The first-order valence-electron chi connectivity index (χ1n) is 7.03. The van der Waals surface area contributed by atoms with Gasteiger partial charge in [-0.25, -0.2) is 4.39 Å². The van der Waals surface area contributed by atoms with Gasteiger partial charge < -0.3 is 10.5 Å². The van der Waals surface area contributed by atoms with Crippen molar-refractivity contribution in [2.45, 2.75) is 20.4 Å². The average molecular weight is 342 g/mol. The molecule has 0 spiro atoms. The van der Waals surface area contributed by atoms with Crippen molar-refractivity contribution in [1.29, 1.82) is 0 Å². The molecule has 0 saturated carbocycles. The van der Waals surface area contributed by atoms with Crippen molar-refractivity contribution < 1.29 is 9.13 Å². The molecule has 0 unspecified atom stereocenters. The molecule has 0 amide bonds. The quantitative estimate of drug-likeness (QED) is 0.801. The zero-order chi connectivity index (χ0) is 16.3. The summed E-state index contributed by atoms with van der Waals surface area (Å²) < 4.78 is 19.8. The zero-order valence-corrected chi connectivity index (χ0v) is 14.0. The minimum atomic E-state index is -0.356. The Labute approximate surface area is 140 Å². The van der Waals surface area contributed by atoms with Crippen LogP contribution in [0.2, 0.25) is 10.0 Å². The maximum absolute atomic E-state index is 14.0. The summed E-state index contributed by atoms with van der Waals surface area (Å²) in [6.45, 7) is 4.75. The molecule has 2 aromatic carbocycles. The van der Waals surface area contributed by atoms with E-state index in [1.807, 2.05) is 13.8 Å². The second kappa shape index (κ2) is 7.32. The third-order valence-electron chi connectivity index (χ3n) is 3.15. The molecule has 2 N–H and O–H groups in total. The summed E-state index contributed by atoms with van der Waals surface area (Å²) >= 11 is 12.3. The number of ether oxygens (including phenoxy) is 1. The lowest BCUT2D eigenvalue weighted by Crippen LogP contribution is -2.06. The van der Waals surface area contributed by atoms with Gasteiger partial charge in [0, 0.05) is 22.7 Å². The Hall–Kier alpha value is -1.29. The number of halogens is 3. The predicted octanol–water partition coefficient (Wildman–Crippen LogP) is 5.29. The smallest absolute Gasteiger partial charge is 0.145 e. The van der Waals surface area contributed by atoms with E-state index in [-0.39, 0.29) is 12.4 Å². The normalized spacial score (nSPS) is 11.0. The molecule has 5 heteroatoms. The SMILES string of the molecule is CC(C)COc1c(Cl)cc(Cl)cc1-c1ccc(CN)c(F)c1. The number of hydrogen-bond acceptors (Lipinski definition) is 2. The topological polar surface area (TPSA) is 35.2 Å². The highest BCUT2D eigenvalue weighted by Gasteiger charge is 2.15. The fourth-order valence-corrected chi connectivity index (χ4v) is 2.60. The second-order valence-corrected chi connectivity index (χ2v) is 6.32. The highest BCUT2D eigenvalue weighted by Crippen LogP contribution is 2.39. The first kappa shape index (κ1) is 17.1. The summed E-state index contributed by atoms with van der Waals surface area (Å²) in [7, 11) is 0. The van der Waals surface area contributed by atoms with Crippen molar-refractivity contribution in [2.75, 3.05) is 6.61 Å². The van der Waals surface area contributed by atoms with Gasteiger partial charge in [-0.1, -0.05) is 49.2 Å². The minimum absolute atomic E-state index is 0.152. The van der Waals surface area contributed by atoms with Crippen molar-refractivity contribution in [2.24, 2.45) is 11.7 Å². The summed E-state index contributed by atoms with van der Waals surface area (Å²) in [5.74, 6) is 0.501. The van der Waals surface area contributed by atoms with Crippen LogP contribution >= 0.6 is 23.2 Å². The molecular weight excluding hydrogens is 324 g/mol. The number of hydrogen-bond donors (Lipinski definition) is 1. The Bertz CT molecular complexity index is 674. The average Bonchev–Trinajstić information content (AvgIpc) is 2.45. The van der Waals surface area contributed by atoms with Crippen LogP contribution in [0.25, 0.3) is 11.1 Å². The molecule has 0 aliphatic carbocycles. The van der Waals surface area contributed by atoms with Crippen LogP contribution in [0.4, 0.5) is 4.39 Å². The summed E-state index contributed by atoms with van der Waals surface area (Å²) in [5, 5.41) is 0.881. The van der Waals surface area contributed by atoms with E-state index in [1.54, 1.807) is 24.3 Å². The fraction of sp³-hybridized carbons (Fsp3) is 0.294. The van der Waals surface area contributed by atoms with Gasteiger partial charge in [-0.05, 0) is 29.7 Å². The molecule has 0 radical (unpaired) electrons. The molecule has 118 valence electrons. The largest absolute Gasteiger partial charge is 0.491 e. The van der Waals surface area contributed by atoms with Gasteiger partial charge in [0.25, 0.3) is 0 Å². The van der Waals surface area contributed by atoms with Gasteiger partial charge in [-0.15, -0.1) is 0 Å². The van der Waals surface area contributed by atoms with Crippen molar-refractivity contribution in [3.05, 3.63) is 51.8 Å². The molecule has 2 nitrogen and oxygen atoms in total. The Morgan fingerprint density at radius 1 is 1.18 bits per heavy atom. The van der Waals surface area contributed by atoms with Gasteiger partial charge in [0.15, 0.2) is 0 Å². The molecule has 22 heavy (non-hydrogen) atoms. The van der Waals surface area contributed by atoms with Crippen LogP contribution in [0.1, 0.15) is 19.4 Å². The molecule has 0 aliphatic rings. The van der Waals surface area contributed by atoms with Crippen LogP contribution in [0, 0.1) is 11.7 Å². The lowest BCUT2D eigenvalue weighted by molar-refractivity contribution is 0.272. The lowest BCUT2D eigenvalue weighted by Gasteiger charge is -2.16. The summed E-state index contributed by atoms with van der Waals surface area (Å²) in [5.41, 5.74) is 7.27. The van der Waals surface area contributed by atoms with Gasteiger partial charge in [0.05, 0.1) is 11.6 Å². The fourth-order valence-electron chi connectivity index (χ4n) is 2.05. The molecule has 2 rings (SSSR count). The monoisotopic (exact) mass is 341 g/mol. The number of nitrogens with two attached hydrogens (primary N) is 1. The van der Waals surface area contributed by atoms with E-state index < -0.39 is 0 Å². The molecule has 0 saturated heterocycles. The van der Waals surface area contributed by atoms with E-state index >= 15 is 0 Å². The van der Waals surface area contributed by atoms with Gasteiger partial charge in [-0.2, -0.15) is 0 Å². The molecule has 2 aromatic rings. The summed E-state index contributed by atoms with van der Waals surface area (Å²) in [4.78, 5) is 0. The van der Waals surface area contributed by atoms with Crippen molar-refractivity contribution in [3.63, 3.8) is 0 Å². The molecular formula is C17H18Cl2FNO. The van der Waals surface area contributed by atoms with Crippen LogP contribution in [-0.2, 0) is 6.54 Å². The highest BCUT2D eigenvalue weighted by atomic mass is 35.5. The van der Waals surface area contributed by atoms with E-state index in [4.69, 9.17) is 33.7 Å². The van der Waals surface area contributed by atoms with Crippen LogP contribution < -0.4 is 10.5 Å². The van der Waals surface area contributed by atoms with Crippen LogP contribution in [-0.4, -0.2) is 6.61 Å². The van der Waals surface area contributed by atoms with E-state index in [0.717, 1.165) is 0 Å². The molecule has 0 bridgehead atoms. The first-order valence-corrected chi connectivity index (χ1v) is 7.78. The van der Waals surface area contributed by atoms with Crippen molar-refractivity contribution in [3.8, 4) is 16.9 Å². The Kier molecular flexibility index (Phi) is 5.68. The van der Waals surface area contributed by atoms with E-state index in [1.165, 1.54) is 6.07 Å². The van der Waals surface area contributed by atoms with Gasteiger partial charge >= 0.3 is 0 Å². The van der Waals surface area contributed by atoms with Crippen molar-refractivity contribution >= 4 is 23.2 Å². The van der Waals surface area contributed by atoms with E-state index in [2.05, 4.69) is 0 Å². The third kappa shape index (κ3) is 3.92. The first-order chi connectivity index (χ1) is 10.4.